The maximum Gasteiger partial charge on any atom is 0.175 e. The SMILES string of the molecule is C=C(CNCC)CSc1ccc(S(C)(=O)=O)cc1. The molecule has 0 aliphatic heterocycles. The van der Waals surface area contributed by atoms with E-state index in [4.69, 9.17) is 0 Å². The number of hydrogen-bond donors (Lipinski definition) is 1. The van der Waals surface area contributed by atoms with Crippen LogP contribution in [0.3, 0.4) is 0 Å². The fraction of sp³-hybridized carbons (Fsp3) is 0.385. The zero-order valence-electron chi connectivity index (χ0n) is 10.8. The van der Waals surface area contributed by atoms with Gasteiger partial charge in [-0.1, -0.05) is 19.1 Å². The summed E-state index contributed by atoms with van der Waals surface area (Å²) < 4.78 is 22.6. The van der Waals surface area contributed by atoms with Gasteiger partial charge in [0.15, 0.2) is 9.84 Å². The summed E-state index contributed by atoms with van der Waals surface area (Å²) in [5, 5.41) is 3.22. The van der Waals surface area contributed by atoms with Crippen molar-refractivity contribution in [1.82, 2.24) is 5.32 Å². The van der Waals surface area contributed by atoms with E-state index < -0.39 is 9.84 Å². The van der Waals surface area contributed by atoms with Gasteiger partial charge in [0, 0.05) is 23.4 Å². The Kier molecular flexibility index (Phi) is 5.91. The van der Waals surface area contributed by atoms with Gasteiger partial charge >= 0.3 is 0 Å². The highest BCUT2D eigenvalue weighted by molar-refractivity contribution is 7.99. The summed E-state index contributed by atoms with van der Waals surface area (Å²) in [5.74, 6) is 0.839. The Balaban J connectivity index is 2.52. The molecule has 100 valence electrons. The third kappa shape index (κ3) is 5.25. The van der Waals surface area contributed by atoms with Crippen LogP contribution in [0.2, 0.25) is 0 Å². The van der Waals surface area contributed by atoms with Crippen molar-refractivity contribution in [3.8, 4) is 0 Å². The van der Waals surface area contributed by atoms with Gasteiger partial charge in [-0.15, -0.1) is 11.8 Å². The molecule has 0 bridgehead atoms. The highest BCUT2D eigenvalue weighted by Gasteiger charge is 2.06. The van der Waals surface area contributed by atoms with E-state index in [1.54, 1.807) is 23.9 Å². The van der Waals surface area contributed by atoms with Crippen molar-refractivity contribution in [2.24, 2.45) is 0 Å². The minimum atomic E-state index is -3.10. The van der Waals surface area contributed by atoms with Crippen LogP contribution in [-0.4, -0.2) is 33.5 Å². The van der Waals surface area contributed by atoms with Crippen molar-refractivity contribution in [2.75, 3.05) is 25.1 Å². The summed E-state index contributed by atoms with van der Waals surface area (Å²) in [6.45, 7) is 7.81. The molecule has 0 aromatic heterocycles. The maximum atomic E-state index is 11.3. The first-order valence-electron chi connectivity index (χ1n) is 5.73. The number of sulfone groups is 1. The lowest BCUT2D eigenvalue weighted by Gasteiger charge is -2.06. The third-order valence-electron chi connectivity index (χ3n) is 2.32. The van der Waals surface area contributed by atoms with Gasteiger partial charge in [0.05, 0.1) is 4.90 Å². The molecule has 1 aromatic rings. The number of nitrogens with one attached hydrogen (secondary N) is 1. The monoisotopic (exact) mass is 285 g/mol. The first kappa shape index (κ1) is 15.3. The van der Waals surface area contributed by atoms with Crippen LogP contribution in [0.1, 0.15) is 6.92 Å². The normalized spacial score (nSPS) is 11.4. The summed E-state index contributed by atoms with van der Waals surface area (Å²) in [7, 11) is -3.10. The number of thioether (sulfide) groups is 1. The molecule has 18 heavy (non-hydrogen) atoms. The summed E-state index contributed by atoms with van der Waals surface area (Å²) >= 11 is 1.66. The largest absolute Gasteiger partial charge is 0.313 e. The molecular formula is C13H19NO2S2. The number of benzene rings is 1. The summed E-state index contributed by atoms with van der Waals surface area (Å²) in [5.41, 5.74) is 1.13. The van der Waals surface area contributed by atoms with Gasteiger partial charge in [0.25, 0.3) is 0 Å². The van der Waals surface area contributed by atoms with Crippen molar-refractivity contribution in [2.45, 2.75) is 16.7 Å². The average Bonchev–Trinajstić information content (AvgIpc) is 2.33. The Morgan fingerprint density at radius 2 is 1.94 bits per heavy atom. The van der Waals surface area contributed by atoms with E-state index >= 15 is 0 Å². The predicted octanol–water partition coefficient (Wildman–Crippen LogP) is 2.35. The minimum absolute atomic E-state index is 0.360. The fourth-order valence-electron chi connectivity index (χ4n) is 1.32. The molecule has 3 nitrogen and oxygen atoms in total. The van der Waals surface area contributed by atoms with E-state index in [0.29, 0.717) is 4.90 Å². The second-order valence-corrected chi connectivity index (χ2v) is 7.13. The Morgan fingerprint density at radius 1 is 1.33 bits per heavy atom. The van der Waals surface area contributed by atoms with E-state index in [1.165, 1.54) is 6.26 Å². The lowest BCUT2D eigenvalue weighted by atomic mass is 10.3. The third-order valence-corrected chi connectivity index (χ3v) is 4.61. The Bertz CT molecular complexity index is 492. The maximum absolute atomic E-state index is 11.3. The van der Waals surface area contributed by atoms with Crippen molar-refractivity contribution in [1.29, 1.82) is 0 Å². The number of rotatable bonds is 7. The minimum Gasteiger partial charge on any atom is -0.313 e. The van der Waals surface area contributed by atoms with Crippen LogP contribution >= 0.6 is 11.8 Å². The molecule has 0 aliphatic carbocycles. The molecule has 0 aliphatic rings. The lowest BCUT2D eigenvalue weighted by Crippen LogP contribution is -2.16. The Labute approximate surface area is 114 Å². The number of likely N-dealkylation sites (N-methyl/N-ethyl adjacent to an activating group) is 1. The standard InChI is InChI=1S/C13H19NO2S2/c1-4-14-9-11(2)10-17-12-5-7-13(8-6-12)18(3,15)16/h5-8,14H,2,4,9-10H2,1,3H3. The number of hydrogen-bond acceptors (Lipinski definition) is 4. The van der Waals surface area contributed by atoms with E-state index in [-0.39, 0.29) is 0 Å². The first-order valence-corrected chi connectivity index (χ1v) is 8.61. The van der Waals surface area contributed by atoms with E-state index in [2.05, 4.69) is 18.8 Å². The van der Waals surface area contributed by atoms with Crippen LogP contribution in [0.25, 0.3) is 0 Å². The zero-order valence-corrected chi connectivity index (χ0v) is 12.4. The molecule has 1 rings (SSSR count). The molecular weight excluding hydrogens is 266 g/mol. The van der Waals surface area contributed by atoms with Gasteiger partial charge in [-0.25, -0.2) is 8.42 Å². The summed E-state index contributed by atoms with van der Waals surface area (Å²) in [6.07, 6.45) is 1.22. The van der Waals surface area contributed by atoms with Crippen LogP contribution in [-0.2, 0) is 9.84 Å². The van der Waals surface area contributed by atoms with Crippen molar-refractivity contribution in [3.63, 3.8) is 0 Å². The van der Waals surface area contributed by atoms with E-state index in [9.17, 15) is 8.42 Å². The molecule has 0 amide bonds. The first-order chi connectivity index (χ1) is 8.43. The molecule has 0 spiro atoms. The second-order valence-electron chi connectivity index (χ2n) is 4.06. The molecule has 0 unspecified atom stereocenters. The van der Waals surface area contributed by atoms with Crippen molar-refractivity contribution >= 4 is 21.6 Å². The van der Waals surface area contributed by atoms with Gasteiger partial charge < -0.3 is 5.32 Å². The summed E-state index contributed by atoms with van der Waals surface area (Å²) in [6, 6.07) is 6.96. The Morgan fingerprint density at radius 3 is 2.44 bits per heavy atom. The van der Waals surface area contributed by atoms with Crippen molar-refractivity contribution in [3.05, 3.63) is 36.4 Å². The van der Waals surface area contributed by atoms with Crippen LogP contribution in [0, 0.1) is 0 Å². The highest BCUT2D eigenvalue weighted by Crippen LogP contribution is 2.21. The van der Waals surface area contributed by atoms with Crippen molar-refractivity contribution < 1.29 is 8.42 Å². The van der Waals surface area contributed by atoms with Crippen LogP contribution in [0.4, 0.5) is 0 Å². The van der Waals surface area contributed by atoms with E-state index in [0.717, 1.165) is 29.3 Å². The zero-order chi connectivity index (χ0) is 13.6. The molecule has 0 saturated heterocycles. The molecule has 1 N–H and O–H groups in total. The molecule has 0 saturated carbocycles. The molecule has 1 aromatic carbocycles. The topological polar surface area (TPSA) is 46.2 Å². The Hall–Kier alpha value is -0.780. The van der Waals surface area contributed by atoms with Gasteiger partial charge in [0.1, 0.15) is 0 Å². The molecule has 5 heteroatoms. The van der Waals surface area contributed by atoms with Gasteiger partial charge in [0.2, 0.25) is 0 Å². The van der Waals surface area contributed by atoms with E-state index in [1.807, 2.05) is 12.1 Å². The second kappa shape index (κ2) is 6.97. The van der Waals surface area contributed by atoms with Crippen LogP contribution in [0.5, 0.6) is 0 Å². The molecule has 0 radical (unpaired) electrons. The summed E-state index contributed by atoms with van der Waals surface area (Å²) in [4.78, 5) is 1.42. The molecule has 0 fully saturated rings. The molecule has 0 heterocycles. The average molecular weight is 285 g/mol. The van der Waals surface area contributed by atoms with Gasteiger partial charge in [-0.05, 0) is 30.8 Å². The quantitative estimate of drug-likeness (QED) is 0.617. The predicted molar refractivity (Wildman–Crippen MR) is 78.0 cm³/mol. The molecule has 0 atom stereocenters. The smallest absolute Gasteiger partial charge is 0.175 e. The van der Waals surface area contributed by atoms with Crippen LogP contribution < -0.4 is 5.32 Å². The lowest BCUT2D eigenvalue weighted by molar-refractivity contribution is 0.602. The fourth-order valence-corrected chi connectivity index (χ4v) is 2.75. The van der Waals surface area contributed by atoms with Gasteiger partial charge in [-0.2, -0.15) is 0 Å². The van der Waals surface area contributed by atoms with Crippen LogP contribution in [0.15, 0.2) is 46.2 Å². The van der Waals surface area contributed by atoms with Gasteiger partial charge in [-0.3, -0.25) is 0 Å². The highest BCUT2D eigenvalue weighted by atomic mass is 32.2.